The molecule has 3 N–H and O–H groups in total. The minimum absolute atomic E-state index is 0.0472. The summed E-state index contributed by atoms with van der Waals surface area (Å²) in [4.78, 5) is 12.5. The molecule has 1 amide bonds. The van der Waals surface area contributed by atoms with Crippen LogP contribution < -0.4 is 15.4 Å². The smallest absolute Gasteiger partial charge is 0.237 e. The Bertz CT molecular complexity index is 613. The first kappa shape index (κ1) is 18.2. The zero-order chi connectivity index (χ0) is 17.9. The summed E-state index contributed by atoms with van der Waals surface area (Å²) in [5, 5.41) is 15.8. The SMILES string of the molecule is COc1ccc(C)cc1C1(CNC(=O)[C@H]2C[C@H](O)CN2)CCOCC1. The van der Waals surface area contributed by atoms with Gasteiger partial charge in [0.15, 0.2) is 0 Å². The molecular weight excluding hydrogens is 320 g/mol. The largest absolute Gasteiger partial charge is 0.496 e. The second-order valence-corrected chi connectivity index (χ2v) is 7.16. The van der Waals surface area contributed by atoms with E-state index in [1.165, 1.54) is 5.56 Å². The third-order valence-electron chi connectivity index (χ3n) is 5.40. The van der Waals surface area contributed by atoms with Gasteiger partial charge < -0.3 is 25.2 Å². The molecule has 2 saturated heterocycles. The summed E-state index contributed by atoms with van der Waals surface area (Å²) >= 11 is 0. The number of amides is 1. The molecule has 138 valence electrons. The monoisotopic (exact) mass is 348 g/mol. The van der Waals surface area contributed by atoms with Crippen molar-refractivity contribution in [1.82, 2.24) is 10.6 Å². The third-order valence-corrected chi connectivity index (χ3v) is 5.40. The number of carbonyl (C=O) groups is 1. The lowest BCUT2D eigenvalue weighted by molar-refractivity contribution is -0.123. The van der Waals surface area contributed by atoms with E-state index in [0.717, 1.165) is 24.2 Å². The number of carbonyl (C=O) groups excluding carboxylic acids is 1. The fraction of sp³-hybridized carbons (Fsp3) is 0.632. The molecule has 0 spiro atoms. The van der Waals surface area contributed by atoms with Gasteiger partial charge in [0.2, 0.25) is 5.91 Å². The van der Waals surface area contributed by atoms with Gasteiger partial charge in [-0.1, -0.05) is 17.7 Å². The molecule has 2 fully saturated rings. The zero-order valence-electron chi connectivity index (χ0n) is 15.0. The van der Waals surface area contributed by atoms with E-state index in [-0.39, 0.29) is 17.4 Å². The lowest BCUT2D eigenvalue weighted by atomic mass is 9.73. The number of hydrogen-bond donors (Lipinski definition) is 3. The molecular formula is C19H28N2O4. The highest BCUT2D eigenvalue weighted by atomic mass is 16.5. The number of benzene rings is 1. The maximum Gasteiger partial charge on any atom is 0.237 e. The van der Waals surface area contributed by atoms with Gasteiger partial charge in [0, 0.05) is 37.3 Å². The van der Waals surface area contributed by atoms with Crippen molar-refractivity contribution in [2.24, 2.45) is 0 Å². The van der Waals surface area contributed by atoms with Gasteiger partial charge >= 0.3 is 0 Å². The van der Waals surface area contributed by atoms with Gasteiger partial charge in [0.25, 0.3) is 0 Å². The lowest BCUT2D eigenvalue weighted by Crippen LogP contribution is -2.49. The van der Waals surface area contributed by atoms with Crippen LogP contribution in [0.1, 0.15) is 30.4 Å². The van der Waals surface area contributed by atoms with Gasteiger partial charge in [-0.05, 0) is 32.3 Å². The van der Waals surface area contributed by atoms with Crippen LogP contribution in [-0.4, -0.2) is 56.6 Å². The summed E-state index contributed by atoms with van der Waals surface area (Å²) < 4.78 is 11.2. The number of methoxy groups -OCH3 is 1. The molecule has 25 heavy (non-hydrogen) atoms. The predicted octanol–water partition coefficient (Wildman–Crippen LogP) is 0.891. The summed E-state index contributed by atoms with van der Waals surface area (Å²) in [5.74, 6) is 0.810. The predicted molar refractivity (Wildman–Crippen MR) is 94.9 cm³/mol. The average Bonchev–Trinajstić information content (AvgIpc) is 3.07. The van der Waals surface area contributed by atoms with E-state index in [2.05, 4.69) is 23.6 Å². The minimum Gasteiger partial charge on any atom is -0.496 e. The molecule has 1 aromatic carbocycles. The molecule has 0 saturated carbocycles. The molecule has 2 aliphatic heterocycles. The highest BCUT2D eigenvalue weighted by Crippen LogP contribution is 2.40. The summed E-state index contributed by atoms with van der Waals surface area (Å²) in [5.41, 5.74) is 2.12. The second-order valence-electron chi connectivity index (χ2n) is 7.16. The molecule has 0 radical (unpaired) electrons. The number of nitrogens with one attached hydrogen (secondary N) is 2. The molecule has 1 aromatic rings. The van der Waals surface area contributed by atoms with Crippen molar-refractivity contribution in [3.8, 4) is 5.75 Å². The third kappa shape index (κ3) is 3.97. The van der Waals surface area contributed by atoms with Gasteiger partial charge in [-0.2, -0.15) is 0 Å². The topological polar surface area (TPSA) is 79.8 Å². The van der Waals surface area contributed by atoms with Crippen LogP contribution in [-0.2, 0) is 14.9 Å². The molecule has 2 heterocycles. The van der Waals surface area contributed by atoms with E-state index in [9.17, 15) is 9.90 Å². The van der Waals surface area contributed by atoms with Gasteiger partial charge in [0.1, 0.15) is 5.75 Å². The number of hydrogen-bond acceptors (Lipinski definition) is 5. The zero-order valence-corrected chi connectivity index (χ0v) is 15.0. The van der Waals surface area contributed by atoms with E-state index in [0.29, 0.717) is 32.7 Å². The standard InChI is InChI=1S/C19H28N2O4/c1-13-3-4-17(24-2)15(9-13)19(5-7-25-8-6-19)12-21-18(23)16-10-14(22)11-20-16/h3-4,9,14,16,20,22H,5-8,10-12H2,1-2H3,(H,21,23)/t14-,16+/m0/s1. The van der Waals surface area contributed by atoms with Gasteiger partial charge in [-0.15, -0.1) is 0 Å². The van der Waals surface area contributed by atoms with Crippen LogP contribution in [0.25, 0.3) is 0 Å². The highest BCUT2D eigenvalue weighted by Gasteiger charge is 2.38. The maximum absolute atomic E-state index is 12.5. The molecule has 0 unspecified atom stereocenters. The molecule has 3 rings (SSSR count). The Balaban J connectivity index is 1.79. The van der Waals surface area contributed by atoms with Crippen molar-refractivity contribution in [3.05, 3.63) is 29.3 Å². The van der Waals surface area contributed by atoms with E-state index in [1.54, 1.807) is 7.11 Å². The Labute approximate surface area is 148 Å². The second kappa shape index (κ2) is 7.72. The number of aliphatic hydroxyl groups excluding tert-OH is 1. The van der Waals surface area contributed by atoms with Gasteiger partial charge in [-0.25, -0.2) is 0 Å². The Morgan fingerprint density at radius 2 is 2.20 bits per heavy atom. The van der Waals surface area contributed by atoms with E-state index in [4.69, 9.17) is 9.47 Å². The molecule has 0 aliphatic carbocycles. The van der Waals surface area contributed by atoms with Crippen LogP contribution in [0, 0.1) is 6.92 Å². The Hall–Kier alpha value is -1.63. The van der Waals surface area contributed by atoms with Crippen molar-refractivity contribution >= 4 is 5.91 Å². The Kier molecular flexibility index (Phi) is 5.61. The van der Waals surface area contributed by atoms with Crippen LogP contribution >= 0.6 is 0 Å². The first-order chi connectivity index (χ1) is 12.0. The van der Waals surface area contributed by atoms with Crippen LogP contribution in [0.5, 0.6) is 5.75 Å². The summed E-state index contributed by atoms with van der Waals surface area (Å²) in [6.07, 6.45) is 1.71. The van der Waals surface area contributed by atoms with E-state index >= 15 is 0 Å². The molecule has 2 aliphatic rings. The van der Waals surface area contributed by atoms with Crippen molar-refractivity contribution in [3.63, 3.8) is 0 Å². The number of aryl methyl sites for hydroxylation is 1. The van der Waals surface area contributed by atoms with Crippen molar-refractivity contribution < 1.29 is 19.4 Å². The number of rotatable bonds is 5. The van der Waals surface area contributed by atoms with Crippen LogP contribution in [0.3, 0.4) is 0 Å². The molecule has 2 atom stereocenters. The summed E-state index contributed by atoms with van der Waals surface area (Å²) in [6.45, 7) is 4.44. The minimum atomic E-state index is -0.440. The lowest BCUT2D eigenvalue weighted by Gasteiger charge is -2.39. The molecule has 0 bridgehead atoms. The van der Waals surface area contributed by atoms with E-state index < -0.39 is 6.10 Å². The average molecular weight is 348 g/mol. The Morgan fingerprint density at radius 3 is 2.84 bits per heavy atom. The normalized spacial score (nSPS) is 25.6. The number of ether oxygens (including phenoxy) is 2. The van der Waals surface area contributed by atoms with Crippen LogP contribution in [0.15, 0.2) is 18.2 Å². The quantitative estimate of drug-likeness (QED) is 0.736. The molecule has 6 nitrogen and oxygen atoms in total. The van der Waals surface area contributed by atoms with Crippen molar-refractivity contribution in [1.29, 1.82) is 0 Å². The number of aliphatic hydroxyl groups is 1. The van der Waals surface area contributed by atoms with Crippen molar-refractivity contribution in [2.45, 2.75) is 43.7 Å². The molecule has 6 heteroatoms. The number of β-amino-alcohol motifs (C(OH)–C–C–N with tert-alkyl or cyclic N) is 1. The summed E-state index contributed by atoms with van der Waals surface area (Å²) in [7, 11) is 1.68. The maximum atomic E-state index is 12.5. The first-order valence-electron chi connectivity index (χ1n) is 8.96. The van der Waals surface area contributed by atoms with Crippen LogP contribution in [0.2, 0.25) is 0 Å². The van der Waals surface area contributed by atoms with Gasteiger partial charge in [-0.3, -0.25) is 4.79 Å². The van der Waals surface area contributed by atoms with E-state index in [1.807, 2.05) is 12.1 Å². The first-order valence-corrected chi connectivity index (χ1v) is 8.96. The van der Waals surface area contributed by atoms with Gasteiger partial charge in [0.05, 0.1) is 19.3 Å². The Morgan fingerprint density at radius 1 is 1.44 bits per heavy atom. The van der Waals surface area contributed by atoms with Crippen LogP contribution in [0.4, 0.5) is 0 Å². The highest BCUT2D eigenvalue weighted by molar-refractivity contribution is 5.82. The van der Waals surface area contributed by atoms with Crippen molar-refractivity contribution in [2.75, 3.05) is 33.4 Å². The molecule has 0 aromatic heterocycles. The fourth-order valence-corrected chi connectivity index (χ4v) is 3.84. The fourth-order valence-electron chi connectivity index (χ4n) is 3.84. The summed E-state index contributed by atoms with van der Waals surface area (Å²) in [6, 6.07) is 5.89.